The van der Waals surface area contributed by atoms with Gasteiger partial charge in [-0.05, 0) is 67.4 Å². The lowest BCUT2D eigenvalue weighted by Crippen LogP contribution is -2.47. The Morgan fingerprint density at radius 3 is 2.21 bits per heavy atom. The lowest BCUT2D eigenvalue weighted by molar-refractivity contribution is 0.593. The maximum atomic E-state index is 13.8. The molecule has 0 bridgehead atoms. The first-order chi connectivity index (χ1) is 16.3. The van der Waals surface area contributed by atoms with Gasteiger partial charge >= 0.3 is 0 Å². The standard InChI is InChI=1S/C27H26FN3O2S/c1-19-7-12-23(17-20(19)2)34(32,33)26-18-29-25-6-4-3-5-24(25)27(26)31-15-13-30(14-16-31)22-10-8-21(28)9-11-22/h3-12,17-18H,13-16H2,1-2H3. The first-order valence-corrected chi connectivity index (χ1v) is 12.8. The van der Waals surface area contributed by atoms with Crippen molar-refractivity contribution in [3.8, 4) is 0 Å². The van der Waals surface area contributed by atoms with Crippen molar-refractivity contribution in [3.05, 3.63) is 89.9 Å². The minimum atomic E-state index is -3.78. The van der Waals surface area contributed by atoms with Crippen molar-refractivity contribution in [2.75, 3.05) is 36.0 Å². The molecular formula is C27H26FN3O2S. The number of pyridine rings is 1. The summed E-state index contributed by atoms with van der Waals surface area (Å²) >= 11 is 0. The van der Waals surface area contributed by atoms with Crippen LogP contribution in [0.15, 0.2) is 82.7 Å². The number of halogens is 1. The van der Waals surface area contributed by atoms with Crippen molar-refractivity contribution in [3.63, 3.8) is 0 Å². The van der Waals surface area contributed by atoms with E-state index in [0.29, 0.717) is 31.9 Å². The van der Waals surface area contributed by atoms with Gasteiger partial charge < -0.3 is 9.80 Å². The third-order valence-electron chi connectivity index (χ3n) is 6.58. The summed E-state index contributed by atoms with van der Waals surface area (Å²) in [5, 5.41) is 0.822. The molecule has 0 N–H and O–H groups in total. The van der Waals surface area contributed by atoms with Crippen molar-refractivity contribution in [1.82, 2.24) is 4.98 Å². The first kappa shape index (κ1) is 22.3. The highest BCUT2D eigenvalue weighted by molar-refractivity contribution is 7.91. The molecule has 0 atom stereocenters. The molecule has 1 aliphatic heterocycles. The second kappa shape index (κ2) is 8.72. The largest absolute Gasteiger partial charge is 0.368 e. The highest BCUT2D eigenvalue weighted by Crippen LogP contribution is 2.37. The molecule has 0 unspecified atom stereocenters. The zero-order chi connectivity index (χ0) is 23.9. The normalized spacial score (nSPS) is 14.6. The minimum absolute atomic E-state index is 0.227. The van der Waals surface area contributed by atoms with E-state index in [1.807, 2.05) is 44.2 Å². The highest BCUT2D eigenvalue weighted by Gasteiger charge is 2.29. The molecule has 3 aromatic carbocycles. The van der Waals surface area contributed by atoms with E-state index in [0.717, 1.165) is 27.7 Å². The second-order valence-electron chi connectivity index (χ2n) is 8.69. The Labute approximate surface area is 199 Å². The van der Waals surface area contributed by atoms with E-state index in [1.165, 1.54) is 18.3 Å². The van der Waals surface area contributed by atoms with Gasteiger partial charge in [0.25, 0.3) is 0 Å². The number of hydrogen-bond donors (Lipinski definition) is 0. The summed E-state index contributed by atoms with van der Waals surface area (Å²) in [6.07, 6.45) is 1.49. The van der Waals surface area contributed by atoms with Crippen LogP contribution in [0.1, 0.15) is 11.1 Å². The number of hydrogen-bond acceptors (Lipinski definition) is 5. The monoisotopic (exact) mass is 475 g/mol. The second-order valence-corrected chi connectivity index (χ2v) is 10.6. The average Bonchev–Trinajstić information content (AvgIpc) is 2.85. The molecule has 0 amide bonds. The van der Waals surface area contributed by atoms with Crippen LogP contribution in [-0.2, 0) is 9.84 Å². The van der Waals surface area contributed by atoms with Crippen molar-refractivity contribution >= 4 is 32.1 Å². The number of benzene rings is 3. The van der Waals surface area contributed by atoms with E-state index in [-0.39, 0.29) is 15.6 Å². The SMILES string of the molecule is Cc1ccc(S(=O)(=O)c2cnc3ccccc3c2N2CCN(c3ccc(F)cc3)CC2)cc1C. The number of rotatable bonds is 4. The number of aromatic nitrogens is 1. The van der Waals surface area contributed by atoms with Crippen LogP contribution >= 0.6 is 0 Å². The van der Waals surface area contributed by atoms with Gasteiger partial charge in [-0.2, -0.15) is 0 Å². The molecule has 7 heteroatoms. The van der Waals surface area contributed by atoms with Gasteiger partial charge in [0.1, 0.15) is 10.7 Å². The third kappa shape index (κ3) is 4.01. The van der Waals surface area contributed by atoms with Crippen LogP contribution in [-0.4, -0.2) is 39.6 Å². The van der Waals surface area contributed by atoms with Gasteiger partial charge in [0.2, 0.25) is 9.84 Å². The van der Waals surface area contributed by atoms with Crippen molar-refractivity contribution < 1.29 is 12.8 Å². The lowest BCUT2D eigenvalue weighted by atomic mass is 10.1. The number of anilines is 2. The predicted molar refractivity (Wildman–Crippen MR) is 134 cm³/mol. The van der Waals surface area contributed by atoms with E-state index in [4.69, 9.17) is 0 Å². The Bertz CT molecular complexity index is 1460. The molecule has 0 radical (unpaired) electrons. The van der Waals surface area contributed by atoms with Gasteiger partial charge in [0.15, 0.2) is 0 Å². The number of aryl methyl sites for hydroxylation is 2. The van der Waals surface area contributed by atoms with Crippen LogP contribution < -0.4 is 9.80 Å². The van der Waals surface area contributed by atoms with Gasteiger partial charge in [0, 0.05) is 43.4 Å². The van der Waals surface area contributed by atoms with Crippen LogP contribution in [0.3, 0.4) is 0 Å². The van der Waals surface area contributed by atoms with Crippen LogP contribution in [0.4, 0.5) is 15.8 Å². The molecule has 0 saturated carbocycles. The molecule has 1 aliphatic rings. The minimum Gasteiger partial charge on any atom is -0.368 e. The van der Waals surface area contributed by atoms with Gasteiger partial charge in [-0.3, -0.25) is 4.98 Å². The molecule has 5 rings (SSSR count). The average molecular weight is 476 g/mol. The number of sulfone groups is 1. The van der Waals surface area contributed by atoms with Crippen molar-refractivity contribution in [2.24, 2.45) is 0 Å². The van der Waals surface area contributed by atoms with Crippen LogP contribution in [0.25, 0.3) is 10.9 Å². The molecule has 1 fully saturated rings. The fourth-order valence-electron chi connectivity index (χ4n) is 4.48. The number of nitrogens with zero attached hydrogens (tertiary/aromatic N) is 3. The molecule has 2 heterocycles. The van der Waals surface area contributed by atoms with E-state index in [1.54, 1.807) is 24.3 Å². The quantitative estimate of drug-likeness (QED) is 0.409. The Morgan fingerprint density at radius 2 is 1.50 bits per heavy atom. The lowest BCUT2D eigenvalue weighted by Gasteiger charge is -2.38. The third-order valence-corrected chi connectivity index (χ3v) is 8.33. The summed E-state index contributed by atoms with van der Waals surface area (Å²) in [6, 6.07) is 19.4. The zero-order valence-corrected chi connectivity index (χ0v) is 20.0. The number of piperazine rings is 1. The Balaban J connectivity index is 1.56. The molecule has 5 nitrogen and oxygen atoms in total. The van der Waals surface area contributed by atoms with Gasteiger partial charge in [-0.1, -0.05) is 24.3 Å². The summed E-state index contributed by atoms with van der Waals surface area (Å²) in [5.41, 5.74) is 4.40. The molecule has 0 spiro atoms. The summed E-state index contributed by atoms with van der Waals surface area (Å²) < 4.78 is 41.0. The summed E-state index contributed by atoms with van der Waals surface area (Å²) in [5.74, 6) is -0.258. The van der Waals surface area contributed by atoms with Gasteiger partial charge in [-0.15, -0.1) is 0 Å². The van der Waals surface area contributed by atoms with Gasteiger partial charge in [-0.25, -0.2) is 12.8 Å². The smallest absolute Gasteiger partial charge is 0.210 e. The van der Waals surface area contributed by atoms with E-state index in [9.17, 15) is 12.8 Å². The molecule has 0 aliphatic carbocycles. The fourth-order valence-corrected chi connectivity index (χ4v) is 6.00. The molecule has 1 saturated heterocycles. The van der Waals surface area contributed by atoms with E-state index < -0.39 is 9.84 Å². The van der Waals surface area contributed by atoms with Crippen LogP contribution in [0.5, 0.6) is 0 Å². The maximum absolute atomic E-state index is 13.8. The Hall–Kier alpha value is -3.45. The summed E-state index contributed by atoms with van der Waals surface area (Å²) in [6.45, 7) is 6.57. The van der Waals surface area contributed by atoms with Gasteiger partial charge in [0.05, 0.1) is 16.1 Å². The maximum Gasteiger partial charge on any atom is 0.210 e. The number of fused-ring (bicyclic) bond motifs is 1. The summed E-state index contributed by atoms with van der Waals surface area (Å²) in [7, 11) is -3.78. The van der Waals surface area contributed by atoms with E-state index in [2.05, 4.69) is 14.8 Å². The Morgan fingerprint density at radius 1 is 0.824 bits per heavy atom. The summed E-state index contributed by atoms with van der Waals surface area (Å²) in [4.78, 5) is 9.32. The molecule has 34 heavy (non-hydrogen) atoms. The molecule has 174 valence electrons. The van der Waals surface area contributed by atoms with Crippen LogP contribution in [0, 0.1) is 19.7 Å². The number of para-hydroxylation sites is 1. The fraction of sp³-hybridized carbons (Fsp3) is 0.222. The topological polar surface area (TPSA) is 53.5 Å². The first-order valence-electron chi connectivity index (χ1n) is 11.3. The highest BCUT2D eigenvalue weighted by atomic mass is 32.2. The zero-order valence-electron chi connectivity index (χ0n) is 19.2. The van der Waals surface area contributed by atoms with Crippen LogP contribution in [0.2, 0.25) is 0 Å². The molecular weight excluding hydrogens is 449 g/mol. The van der Waals surface area contributed by atoms with E-state index >= 15 is 0 Å². The Kier molecular flexibility index (Phi) is 5.73. The van der Waals surface area contributed by atoms with Crippen molar-refractivity contribution in [2.45, 2.75) is 23.6 Å². The van der Waals surface area contributed by atoms with Crippen molar-refractivity contribution in [1.29, 1.82) is 0 Å². The molecule has 1 aromatic heterocycles. The predicted octanol–water partition coefficient (Wildman–Crippen LogP) is 5.15. The molecule has 4 aromatic rings.